The molecule has 1 aromatic heterocycles. The molecule has 17 heavy (non-hydrogen) atoms. The summed E-state index contributed by atoms with van der Waals surface area (Å²) in [6.45, 7) is 7.13. The van der Waals surface area contributed by atoms with Gasteiger partial charge in [0.05, 0.1) is 0 Å². The van der Waals surface area contributed by atoms with Gasteiger partial charge in [0, 0.05) is 5.54 Å². The fourth-order valence-corrected chi connectivity index (χ4v) is 3.80. The number of thiophene rings is 1. The molecule has 1 heterocycles. The van der Waals surface area contributed by atoms with E-state index in [9.17, 15) is 0 Å². The zero-order valence-electron chi connectivity index (χ0n) is 11.3. The molecule has 0 atom stereocenters. The second-order valence-electron chi connectivity index (χ2n) is 6.28. The van der Waals surface area contributed by atoms with Crippen molar-refractivity contribution in [1.82, 2.24) is 0 Å². The predicted molar refractivity (Wildman–Crippen MR) is 76.2 cm³/mol. The first-order valence-corrected chi connectivity index (χ1v) is 7.74. The maximum atomic E-state index is 6.58. The summed E-state index contributed by atoms with van der Waals surface area (Å²) in [4.78, 5) is 0. The Kier molecular flexibility index (Phi) is 3.65. The molecule has 1 fully saturated rings. The van der Waals surface area contributed by atoms with Crippen LogP contribution in [-0.2, 0) is 5.54 Å². The fourth-order valence-electron chi connectivity index (χ4n) is 3.04. The molecule has 0 bridgehead atoms. The molecule has 0 unspecified atom stereocenters. The van der Waals surface area contributed by atoms with Crippen LogP contribution >= 0.6 is 11.3 Å². The maximum absolute atomic E-state index is 6.58. The lowest BCUT2D eigenvalue weighted by molar-refractivity contribution is 0.115. The van der Waals surface area contributed by atoms with Gasteiger partial charge in [-0.2, -0.15) is 11.3 Å². The molecule has 2 rings (SSSR count). The molecule has 0 amide bonds. The van der Waals surface area contributed by atoms with E-state index in [0.29, 0.717) is 5.41 Å². The summed E-state index contributed by atoms with van der Waals surface area (Å²) in [5.41, 5.74) is 8.38. The standard InChI is InChI=1S/C15H25NS/c1-4-14(2,3)12-5-8-15(16,9-6-12)13-7-10-17-11-13/h7,10-12H,4-6,8-9,16H2,1-3H3. The number of nitrogens with two attached hydrogens (primary N) is 1. The van der Waals surface area contributed by atoms with Crippen molar-refractivity contribution in [2.45, 2.75) is 58.4 Å². The SMILES string of the molecule is CCC(C)(C)C1CCC(N)(c2ccsc2)CC1. The summed E-state index contributed by atoms with van der Waals surface area (Å²) in [5.74, 6) is 0.850. The van der Waals surface area contributed by atoms with Crippen molar-refractivity contribution in [3.63, 3.8) is 0 Å². The highest BCUT2D eigenvalue weighted by Gasteiger charge is 2.38. The van der Waals surface area contributed by atoms with Crippen molar-refractivity contribution in [3.8, 4) is 0 Å². The Morgan fingerprint density at radius 1 is 1.41 bits per heavy atom. The lowest BCUT2D eigenvalue weighted by atomic mass is 9.65. The number of hydrogen-bond acceptors (Lipinski definition) is 2. The lowest BCUT2D eigenvalue weighted by Gasteiger charge is -2.43. The van der Waals surface area contributed by atoms with E-state index in [1.54, 1.807) is 11.3 Å². The average molecular weight is 251 g/mol. The number of rotatable bonds is 3. The van der Waals surface area contributed by atoms with Crippen molar-refractivity contribution in [3.05, 3.63) is 22.4 Å². The van der Waals surface area contributed by atoms with Crippen molar-refractivity contribution in [1.29, 1.82) is 0 Å². The molecule has 0 radical (unpaired) electrons. The predicted octanol–water partition coefficient (Wildman–Crippen LogP) is 4.53. The molecule has 2 heteroatoms. The van der Waals surface area contributed by atoms with Crippen molar-refractivity contribution >= 4 is 11.3 Å². The first kappa shape index (κ1) is 13.1. The van der Waals surface area contributed by atoms with Gasteiger partial charge >= 0.3 is 0 Å². The lowest BCUT2D eigenvalue weighted by Crippen LogP contribution is -2.42. The van der Waals surface area contributed by atoms with E-state index in [1.165, 1.54) is 24.8 Å². The summed E-state index contributed by atoms with van der Waals surface area (Å²) in [6.07, 6.45) is 6.14. The van der Waals surface area contributed by atoms with Gasteiger partial charge in [-0.25, -0.2) is 0 Å². The molecule has 0 saturated heterocycles. The molecule has 0 spiro atoms. The largest absolute Gasteiger partial charge is 0.321 e. The van der Waals surface area contributed by atoms with E-state index in [2.05, 4.69) is 37.6 Å². The van der Waals surface area contributed by atoms with Crippen LogP contribution in [-0.4, -0.2) is 0 Å². The third-order valence-corrected chi connectivity index (χ3v) is 5.67. The van der Waals surface area contributed by atoms with Gasteiger partial charge in [-0.1, -0.05) is 27.2 Å². The molecule has 1 nitrogen and oxygen atoms in total. The first-order chi connectivity index (χ1) is 7.98. The van der Waals surface area contributed by atoms with Gasteiger partial charge in [0.2, 0.25) is 0 Å². The smallest absolute Gasteiger partial charge is 0.0418 e. The maximum Gasteiger partial charge on any atom is 0.0418 e. The highest BCUT2D eigenvalue weighted by Crippen LogP contribution is 2.45. The van der Waals surface area contributed by atoms with Crippen LogP contribution in [0.5, 0.6) is 0 Å². The van der Waals surface area contributed by atoms with Gasteiger partial charge in [0.15, 0.2) is 0 Å². The molecule has 1 saturated carbocycles. The fraction of sp³-hybridized carbons (Fsp3) is 0.733. The zero-order valence-corrected chi connectivity index (χ0v) is 12.1. The van der Waals surface area contributed by atoms with Gasteiger partial charge in [0.1, 0.15) is 0 Å². The van der Waals surface area contributed by atoms with Crippen LogP contribution in [0.2, 0.25) is 0 Å². The minimum absolute atomic E-state index is 0.0413. The molecular weight excluding hydrogens is 226 g/mol. The quantitative estimate of drug-likeness (QED) is 0.839. The molecule has 0 aliphatic heterocycles. The minimum atomic E-state index is -0.0413. The van der Waals surface area contributed by atoms with Gasteiger partial charge in [-0.15, -0.1) is 0 Å². The Morgan fingerprint density at radius 3 is 2.53 bits per heavy atom. The monoisotopic (exact) mass is 251 g/mol. The Morgan fingerprint density at radius 2 is 2.06 bits per heavy atom. The van der Waals surface area contributed by atoms with E-state index in [-0.39, 0.29) is 5.54 Å². The molecule has 1 aliphatic carbocycles. The first-order valence-electron chi connectivity index (χ1n) is 6.79. The summed E-state index contributed by atoms with van der Waals surface area (Å²) in [7, 11) is 0. The molecule has 1 aromatic rings. The Hall–Kier alpha value is -0.340. The summed E-state index contributed by atoms with van der Waals surface area (Å²) in [5, 5.41) is 4.37. The van der Waals surface area contributed by atoms with Gasteiger partial charge in [0.25, 0.3) is 0 Å². The van der Waals surface area contributed by atoms with E-state index in [0.717, 1.165) is 18.8 Å². The third-order valence-electron chi connectivity index (χ3n) is 4.99. The molecule has 2 N–H and O–H groups in total. The minimum Gasteiger partial charge on any atom is -0.321 e. The van der Waals surface area contributed by atoms with E-state index in [4.69, 9.17) is 5.73 Å². The molecule has 0 aromatic carbocycles. The molecule has 96 valence electrons. The topological polar surface area (TPSA) is 26.0 Å². The second kappa shape index (κ2) is 4.74. The van der Waals surface area contributed by atoms with Crippen molar-refractivity contribution in [2.24, 2.45) is 17.1 Å². The Labute approximate surface area is 109 Å². The van der Waals surface area contributed by atoms with E-state index >= 15 is 0 Å². The Bertz CT molecular complexity index is 345. The van der Waals surface area contributed by atoms with Crippen LogP contribution in [0, 0.1) is 11.3 Å². The van der Waals surface area contributed by atoms with Crippen LogP contribution < -0.4 is 5.73 Å². The van der Waals surface area contributed by atoms with Crippen LogP contribution in [0.15, 0.2) is 16.8 Å². The highest BCUT2D eigenvalue weighted by molar-refractivity contribution is 7.08. The van der Waals surface area contributed by atoms with Gasteiger partial charge in [-0.3, -0.25) is 0 Å². The van der Waals surface area contributed by atoms with Crippen molar-refractivity contribution < 1.29 is 0 Å². The zero-order chi connectivity index (χ0) is 12.5. The number of hydrogen-bond donors (Lipinski definition) is 1. The summed E-state index contributed by atoms with van der Waals surface area (Å²) in [6, 6.07) is 2.20. The molecule has 1 aliphatic rings. The van der Waals surface area contributed by atoms with Gasteiger partial charge < -0.3 is 5.73 Å². The van der Waals surface area contributed by atoms with Crippen LogP contribution in [0.1, 0.15) is 58.4 Å². The van der Waals surface area contributed by atoms with Crippen LogP contribution in [0.4, 0.5) is 0 Å². The molecular formula is C15H25NS. The Balaban J connectivity index is 2.03. The highest BCUT2D eigenvalue weighted by atomic mass is 32.1. The van der Waals surface area contributed by atoms with Crippen LogP contribution in [0.25, 0.3) is 0 Å². The van der Waals surface area contributed by atoms with Gasteiger partial charge in [-0.05, 0) is 59.4 Å². The van der Waals surface area contributed by atoms with Crippen molar-refractivity contribution in [2.75, 3.05) is 0 Å². The average Bonchev–Trinajstić information content (AvgIpc) is 2.84. The second-order valence-corrected chi connectivity index (χ2v) is 7.06. The normalized spacial score (nSPS) is 30.5. The third kappa shape index (κ3) is 2.58. The van der Waals surface area contributed by atoms with Crippen LogP contribution in [0.3, 0.4) is 0 Å². The summed E-state index contributed by atoms with van der Waals surface area (Å²) >= 11 is 1.76. The summed E-state index contributed by atoms with van der Waals surface area (Å²) < 4.78 is 0. The van der Waals surface area contributed by atoms with E-state index < -0.39 is 0 Å². The van der Waals surface area contributed by atoms with E-state index in [1.807, 2.05) is 0 Å².